The van der Waals surface area contributed by atoms with Gasteiger partial charge < -0.3 is 4.74 Å². The Morgan fingerprint density at radius 2 is 2.06 bits per heavy atom. The van der Waals surface area contributed by atoms with Crippen molar-refractivity contribution in [1.29, 1.82) is 0 Å². The molecule has 0 spiro atoms. The third kappa shape index (κ3) is 1.79. The van der Waals surface area contributed by atoms with Crippen LogP contribution in [0, 0.1) is 0 Å². The predicted molar refractivity (Wildman–Crippen MR) is 67.8 cm³/mol. The van der Waals surface area contributed by atoms with Crippen molar-refractivity contribution in [3.63, 3.8) is 0 Å². The first-order chi connectivity index (χ1) is 8.19. The molecule has 2 aromatic rings. The monoisotopic (exact) mass is 230 g/mol. The summed E-state index contributed by atoms with van der Waals surface area (Å²) in [6.07, 6.45) is 2.56. The lowest BCUT2D eigenvalue weighted by Gasteiger charge is -2.09. The molecule has 1 saturated carbocycles. The minimum Gasteiger partial charge on any atom is -0.481 e. The number of fused-ring (bicyclic) bond motifs is 1. The van der Waals surface area contributed by atoms with Gasteiger partial charge in [-0.2, -0.15) is 5.10 Å². The van der Waals surface area contributed by atoms with Crippen LogP contribution in [-0.2, 0) is 0 Å². The van der Waals surface area contributed by atoms with Gasteiger partial charge in [0.05, 0.1) is 18.3 Å². The third-order valence-electron chi connectivity index (χ3n) is 3.44. The first-order valence-corrected chi connectivity index (χ1v) is 6.26. The van der Waals surface area contributed by atoms with Gasteiger partial charge in [0.15, 0.2) is 0 Å². The number of aromatic nitrogens is 2. The molecular weight excluding hydrogens is 212 g/mol. The van der Waals surface area contributed by atoms with Crippen LogP contribution >= 0.6 is 0 Å². The van der Waals surface area contributed by atoms with E-state index in [1.165, 1.54) is 24.1 Å². The van der Waals surface area contributed by atoms with Gasteiger partial charge >= 0.3 is 0 Å². The summed E-state index contributed by atoms with van der Waals surface area (Å²) in [5.74, 6) is 2.02. The van der Waals surface area contributed by atoms with Gasteiger partial charge in [-0.3, -0.25) is 0 Å². The molecule has 17 heavy (non-hydrogen) atoms. The Labute approximate surface area is 101 Å². The van der Waals surface area contributed by atoms with E-state index in [9.17, 15) is 0 Å². The van der Waals surface area contributed by atoms with Crippen molar-refractivity contribution in [2.45, 2.75) is 38.5 Å². The standard InChI is InChI=1S/C14H18N2O/c1-9(2)11-6-12-8-13(10-4-5-10)15-16(12)14(7-11)17-3/h6-10H,4-5H2,1-3H3. The number of nitrogens with zero attached hydrogens (tertiary/aromatic N) is 2. The van der Waals surface area contributed by atoms with Gasteiger partial charge in [0.2, 0.25) is 5.88 Å². The number of hydrogen-bond acceptors (Lipinski definition) is 2. The second kappa shape index (κ2) is 3.76. The van der Waals surface area contributed by atoms with Gasteiger partial charge in [0.25, 0.3) is 0 Å². The smallest absolute Gasteiger partial charge is 0.214 e. The van der Waals surface area contributed by atoms with Crippen molar-refractivity contribution in [2.24, 2.45) is 0 Å². The summed E-state index contributed by atoms with van der Waals surface area (Å²) >= 11 is 0. The van der Waals surface area contributed by atoms with Crippen LogP contribution in [0.2, 0.25) is 0 Å². The fourth-order valence-electron chi connectivity index (χ4n) is 2.17. The highest BCUT2D eigenvalue weighted by molar-refractivity contribution is 5.54. The second-order valence-corrected chi connectivity index (χ2v) is 5.17. The Bertz CT molecular complexity index is 553. The Balaban J connectivity index is 2.17. The zero-order valence-corrected chi connectivity index (χ0v) is 10.6. The summed E-state index contributed by atoms with van der Waals surface area (Å²) in [6.45, 7) is 4.40. The Morgan fingerprint density at radius 1 is 1.29 bits per heavy atom. The van der Waals surface area contributed by atoms with Crippen LogP contribution in [0.1, 0.15) is 49.8 Å². The van der Waals surface area contributed by atoms with Gasteiger partial charge in [-0.25, -0.2) is 4.52 Å². The summed E-state index contributed by atoms with van der Waals surface area (Å²) in [4.78, 5) is 0. The fraction of sp³-hybridized carbons (Fsp3) is 0.500. The van der Waals surface area contributed by atoms with Crippen molar-refractivity contribution in [1.82, 2.24) is 9.61 Å². The maximum Gasteiger partial charge on any atom is 0.214 e. The van der Waals surface area contributed by atoms with E-state index in [1.54, 1.807) is 7.11 Å². The molecule has 3 nitrogen and oxygen atoms in total. The third-order valence-corrected chi connectivity index (χ3v) is 3.44. The molecule has 2 aromatic heterocycles. The molecule has 0 N–H and O–H groups in total. The molecule has 0 bridgehead atoms. The molecular formula is C14H18N2O. The van der Waals surface area contributed by atoms with Gasteiger partial charge in [-0.1, -0.05) is 13.8 Å². The number of rotatable bonds is 3. The normalized spacial score (nSPS) is 15.8. The maximum atomic E-state index is 5.43. The van der Waals surface area contributed by atoms with E-state index >= 15 is 0 Å². The quantitative estimate of drug-likeness (QED) is 0.808. The molecule has 3 rings (SSSR count). The topological polar surface area (TPSA) is 26.5 Å². The molecule has 0 atom stereocenters. The van der Waals surface area contributed by atoms with E-state index in [4.69, 9.17) is 4.74 Å². The number of methoxy groups -OCH3 is 1. The van der Waals surface area contributed by atoms with E-state index in [1.807, 2.05) is 4.52 Å². The molecule has 0 unspecified atom stereocenters. The van der Waals surface area contributed by atoms with E-state index < -0.39 is 0 Å². The van der Waals surface area contributed by atoms with Crippen molar-refractivity contribution in [3.8, 4) is 5.88 Å². The molecule has 0 aromatic carbocycles. The Hall–Kier alpha value is -1.51. The highest BCUT2D eigenvalue weighted by atomic mass is 16.5. The van der Waals surface area contributed by atoms with Crippen LogP contribution in [0.5, 0.6) is 5.88 Å². The van der Waals surface area contributed by atoms with Crippen LogP contribution in [0.25, 0.3) is 5.52 Å². The highest BCUT2D eigenvalue weighted by Gasteiger charge is 2.26. The largest absolute Gasteiger partial charge is 0.481 e. The Morgan fingerprint density at radius 3 is 2.65 bits per heavy atom. The first kappa shape index (κ1) is 10.6. The van der Waals surface area contributed by atoms with E-state index in [0.717, 1.165) is 11.4 Å². The lowest BCUT2D eigenvalue weighted by Crippen LogP contribution is -1.99. The zero-order valence-electron chi connectivity index (χ0n) is 10.6. The molecule has 0 saturated heterocycles. The molecule has 0 amide bonds. The van der Waals surface area contributed by atoms with Gasteiger partial charge in [-0.15, -0.1) is 0 Å². The number of ether oxygens (including phenoxy) is 1. The summed E-state index contributed by atoms with van der Waals surface area (Å²) in [5.41, 5.74) is 3.66. The SMILES string of the molecule is COc1cc(C(C)C)cc2cc(C3CC3)nn12. The second-order valence-electron chi connectivity index (χ2n) is 5.17. The van der Waals surface area contributed by atoms with Crippen LogP contribution in [0.4, 0.5) is 0 Å². The van der Waals surface area contributed by atoms with Crippen molar-refractivity contribution in [3.05, 3.63) is 29.5 Å². The molecule has 0 radical (unpaired) electrons. The molecule has 0 aliphatic heterocycles. The number of pyridine rings is 1. The van der Waals surface area contributed by atoms with Crippen LogP contribution in [0.15, 0.2) is 18.2 Å². The summed E-state index contributed by atoms with van der Waals surface area (Å²) in [5, 5.41) is 4.64. The van der Waals surface area contributed by atoms with Crippen LogP contribution in [0.3, 0.4) is 0 Å². The summed E-state index contributed by atoms with van der Waals surface area (Å²) in [7, 11) is 1.71. The fourth-order valence-corrected chi connectivity index (χ4v) is 2.17. The average Bonchev–Trinajstić information content (AvgIpc) is 3.07. The number of hydrogen-bond donors (Lipinski definition) is 0. The lowest BCUT2D eigenvalue weighted by molar-refractivity contribution is 0.384. The maximum absolute atomic E-state index is 5.43. The zero-order chi connectivity index (χ0) is 12.0. The predicted octanol–water partition coefficient (Wildman–Crippen LogP) is 3.34. The van der Waals surface area contributed by atoms with E-state index in [0.29, 0.717) is 11.8 Å². The first-order valence-electron chi connectivity index (χ1n) is 6.26. The van der Waals surface area contributed by atoms with Crippen molar-refractivity contribution >= 4 is 5.52 Å². The van der Waals surface area contributed by atoms with Crippen molar-refractivity contribution < 1.29 is 4.74 Å². The minimum atomic E-state index is 0.508. The minimum absolute atomic E-state index is 0.508. The molecule has 3 heteroatoms. The van der Waals surface area contributed by atoms with Gasteiger partial charge in [0, 0.05) is 12.0 Å². The molecule has 1 fully saturated rings. The van der Waals surface area contributed by atoms with E-state index in [2.05, 4.69) is 37.1 Å². The van der Waals surface area contributed by atoms with Gasteiger partial charge in [0.1, 0.15) is 0 Å². The summed E-state index contributed by atoms with van der Waals surface area (Å²) in [6, 6.07) is 6.50. The highest BCUT2D eigenvalue weighted by Crippen LogP contribution is 2.40. The molecule has 90 valence electrons. The van der Waals surface area contributed by atoms with Crippen molar-refractivity contribution in [2.75, 3.05) is 7.11 Å². The molecule has 1 aliphatic rings. The molecule has 2 heterocycles. The molecule has 1 aliphatic carbocycles. The van der Waals surface area contributed by atoms with Gasteiger partial charge in [-0.05, 0) is 36.5 Å². The summed E-state index contributed by atoms with van der Waals surface area (Å²) < 4.78 is 7.35. The lowest BCUT2D eigenvalue weighted by atomic mass is 10.0. The van der Waals surface area contributed by atoms with Crippen LogP contribution in [-0.4, -0.2) is 16.7 Å². The van der Waals surface area contributed by atoms with Crippen LogP contribution < -0.4 is 4.74 Å². The van der Waals surface area contributed by atoms with E-state index in [-0.39, 0.29) is 0 Å². The average molecular weight is 230 g/mol. The Kier molecular flexibility index (Phi) is 2.35.